The van der Waals surface area contributed by atoms with Gasteiger partial charge in [0.05, 0.1) is 32.8 Å². The molecule has 2 aliphatic rings. The van der Waals surface area contributed by atoms with E-state index in [2.05, 4.69) is 5.32 Å². The van der Waals surface area contributed by atoms with E-state index in [1.165, 1.54) is 0 Å². The first-order valence-electron chi connectivity index (χ1n) is 8.66. The van der Waals surface area contributed by atoms with Gasteiger partial charge in [0.1, 0.15) is 5.75 Å². The number of nitrogens with zero attached hydrogens (tertiary/aromatic N) is 2. The van der Waals surface area contributed by atoms with Crippen LogP contribution in [0.1, 0.15) is 12.0 Å². The summed E-state index contributed by atoms with van der Waals surface area (Å²) < 4.78 is 10.7. The minimum Gasteiger partial charge on any atom is -0.497 e. The Morgan fingerprint density at radius 2 is 2.12 bits per heavy atom. The molecule has 0 aliphatic carbocycles. The molecule has 1 aromatic carbocycles. The van der Waals surface area contributed by atoms with Gasteiger partial charge in [0, 0.05) is 32.7 Å². The summed E-state index contributed by atoms with van der Waals surface area (Å²) in [6, 6.07) is 7.68. The van der Waals surface area contributed by atoms with Crippen LogP contribution in [0, 0.1) is 0 Å². The molecule has 7 nitrogen and oxygen atoms in total. The molecule has 1 atom stereocenters. The molecule has 2 aliphatic heterocycles. The van der Waals surface area contributed by atoms with Crippen molar-refractivity contribution < 1.29 is 19.1 Å². The van der Waals surface area contributed by atoms with Crippen molar-refractivity contribution in [2.24, 2.45) is 0 Å². The van der Waals surface area contributed by atoms with Gasteiger partial charge in [-0.2, -0.15) is 0 Å². The number of carbonyl (C=O) groups excluding carboxylic acids is 2. The van der Waals surface area contributed by atoms with Gasteiger partial charge < -0.3 is 24.6 Å². The number of carbonyl (C=O) groups is 2. The fourth-order valence-electron chi connectivity index (χ4n) is 3.11. The lowest BCUT2D eigenvalue weighted by atomic mass is 10.1. The molecule has 0 unspecified atom stereocenters. The van der Waals surface area contributed by atoms with Crippen LogP contribution >= 0.6 is 0 Å². The van der Waals surface area contributed by atoms with Gasteiger partial charge in [0.2, 0.25) is 11.8 Å². The maximum absolute atomic E-state index is 12.4. The molecule has 2 heterocycles. The second-order valence-corrected chi connectivity index (χ2v) is 6.38. The van der Waals surface area contributed by atoms with E-state index >= 15 is 0 Å². The molecular weight excluding hydrogens is 322 g/mol. The first-order chi connectivity index (χ1) is 12.2. The zero-order chi connectivity index (χ0) is 17.6. The Kier molecular flexibility index (Phi) is 5.88. The molecule has 0 radical (unpaired) electrons. The van der Waals surface area contributed by atoms with Gasteiger partial charge in [0.25, 0.3) is 0 Å². The number of hydrogen-bond acceptors (Lipinski definition) is 5. The molecule has 0 saturated carbocycles. The van der Waals surface area contributed by atoms with Crippen LogP contribution in [0.25, 0.3) is 0 Å². The highest BCUT2D eigenvalue weighted by molar-refractivity contribution is 5.86. The Bertz CT molecular complexity index is 599. The van der Waals surface area contributed by atoms with E-state index < -0.39 is 0 Å². The molecule has 0 aromatic heterocycles. The fourth-order valence-corrected chi connectivity index (χ4v) is 3.11. The molecule has 2 fully saturated rings. The van der Waals surface area contributed by atoms with E-state index in [9.17, 15) is 9.59 Å². The summed E-state index contributed by atoms with van der Waals surface area (Å²) in [6.07, 6.45) is 0.243. The smallest absolute Gasteiger partial charge is 0.242 e. The van der Waals surface area contributed by atoms with Crippen LogP contribution in [-0.2, 0) is 20.9 Å². The number of benzene rings is 1. The average Bonchev–Trinajstić information content (AvgIpc) is 2.65. The number of ether oxygens (including phenoxy) is 2. The van der Waals surface area contributed by atoms with Crippen molar-refractivity contribution in [3.63, 3.8) is 0 Å². The standard InChI is InChI=1S/C18H25N3O4/c1-24-15-4-2-14(3-5-15)12-20-7-8-21(13-18(20)23)17(22)10-16-11-19-6-9-25-16/h2-5,16,19H,6-13H2,1H3/t16-/m1/s1. The third-order valence-electron chi connectivity index (χ3n) is 4.61. The summed E-state index contributed by atoms with van der Waals surface area (Å²) in [4.78, 5) is 28.2. The number of methoxy groups -OCH3 is 1. The number of piperazine rings is 1. The topological polar surface area (TPSA) is 71.1 Å². The fraction of sp³-hybridized carbons (Fsp3) is 0.556. The minimum atomic E-state index is -0.0892. The third-order valence-corrected chi connectivity index (χ3v) is 4.61. The lowest BCUT2D eigenvalue weighted by molar-refractivity contribution is -0.147. The van der Waals surface area contributed by atoms with Gasteiger partial charge in [-0.15, -0.1) is 0 Å². The highest BCUT2D eigenvalue weighted by Gasteiger charge is 2.29. The molecule has 2 saturated heterocycles. The summed E-state index contributed by atoms with van der Waals surface area (Å²) in [5.41, 5.74) is 1.05. The van der Waals surface area contributed by atoms with Gasteiger partial charge in [-0.05, 0) is 17.7 Å². The number of nitrogens with one attached hydrogen (secondary N) is 1. The van der Waals surface area contributed by atoms with Gasteiger partial charge in [-0.3, -0.25) is 9.59 Å². The predicted octanol–water partition coefficient (Wildman–Crippen LogP) is 0.245. The van der Waals surface area contributed by atoms with Crippen molar-refractivity contribution in [3.05, 3.63) is 29.8 Å². The number of amides is 2. The van der Waals surface area contributed by atoms with Gasteiger partial charge in [0.15, 0.2) is 0 Å². The average molecular weight is 347 g/mol. The number of rotatable bonds is 5. The van der Waals surface area contributed by atoms with Crippen LogP contribution in [0.4, 0.5) is 0 Å². The highest BCUT2D eigenvalue weighted by Crippen LogP contribution is 2.15. The molecule has 25 heavy (non-hydrogen) atoms. The van der Waals surface area contributed by atoms with Gasteiger partial charge in [-0.1, -0.05) is 12.1 Å². The van der Waals surface area contributed by atoms with E-state index in [0.717, 1.165) is 17.9 Å². The summed E-state index contributed by atoms with van der Waals surface area (Å²) in [6.45, 7) is 3.98. The van der Waals surface area contributed by atoms with Crippen LogP contribution in [-0.4, -0.2) is 74.2 Å². The molecule has 7 heteroatoms. The molecule has 1 N–H and O–H groups in total. The maximum atomic E-state index is 12.4. The lowest BCUT2D eigenvalue weighted by Crippen LogP contribution is -2.53. The van der Waals surface area contributed by atoms with Crippen molar-refractivity contribution in [2.75, 3.05) is 46.4 Å². The molecule has 0 bridgehead atoms. The van der Waals surface area contributed by atoms with Crippen LogP contribution in [0.2, 0.25) is 0 Å². The second-order valence-electron chi connectivity index (χ2n) is 6.38. The molecule has 2 amide bonds. The molecule has 0 spiro atoms. The third kappa shape index (κ3) is 4.70. The highest BCUT2D eigenvalue weighted by atomic mass is 16.5. The molecule has 3 rings (SSSR count). The van der Waals surface area contributed by atoms with E-state index in [4.69, 9.17) is 9.47 Å². The van der Waals surface area contributed by atoms with Crippen molar-refractivity contribution >= 4 is 11.8 Å². The first kappa shape index (κ1) is 17.7. The molecule has 1 aromatic rings. The van der Waals surface area contributed by atoms with E-state index in [0.29, 0.717) is 39.2 Å². The monoisotopic (exact) mass is 347 g/mol. The largest absolute Gasteiger partial charge is 0.497 e. The number of hydrogen-bond donors (Lipinski definition) is 1. The zero-order valence-corrected chi connectivity index (χ0v) is 14.6. The van der Waals surface area contributed by atoms with Crippen molar-refractivity contribution in [2.45, 2.75) is 19.1 Å². The summed E-state index contributed by atoms with van der Waals surface area (Å²) >= 11 is 0. The van der Waals surface area contributed by atoms with Crippen molar-refractivity contribution in [3.8, 4) is 5.75 Å². The van der Waals surface area contributed by atoms with Crippen LogP contribution in [0.5, 0.6) is 5.75 Å². The van der Waals surface area contributed by atoms with Gasteiger partial charge >= 0.3 is 0 Å². The summed E-state index contributed by atoms with van der Waals surface area (Å²) in [5.74, 6) is 0.772. The van der Waals surface area contributed by atoms with Crippen LogP contribution < -0.4 is 10.1 Å². The Morgan fingerprint density at radius 1 is 1.32 bits per heavy atom. The minimum absolute atomic E-state index is 0.00820. The first-order valence-corrected chi connectivity index (χ1v) is 8.66. The predicted molar refractivity (Wildman–Crippen MR) is 92.2 cm³/mol. The Balaban J connectivity index is 1.49. The van der Waals surface area contributed by atoms with E-state index in [1.54, 1.807) is 16.9 Å². The van der Waals surface area contributed by atoms with Crippen LogP contribution in [0.15, 0.2) is 24.3 Å². The summed E-state index contributed by atoms with van der Waals surface area (Å²) in [5, 5.41) is 3.21. The maximum Gasteiger partial charge on any atom is 0.242 e. The van der Waals surface area contributed by atoms with Crippen molar-refractivity contribution in [1.29, 1.82) is 0 Å². The lowest BCUT2D eigenvalue weighted by Gasteiger charge is -2.35. The Morgan fingerprint density at radius 3 is 2.76 bits per heavy atom. The van der Waals surface area contributed by atoms with E-state index in [1.807, 2.05) is 24.3 Å². The Labute approximate surface area is 147 Å². The molecular formula is C18H25N3O4. The second kappa shape index (κ2) is 8.31. The normalized spacial score (nSPS) is 21.3. The SMILES string of the molecule is COc1ccc(CN2CCN(C(=O)C[C@@H]3CNCCO3)CC2=O)cc1. The summed E-state index contributed by atoms with van der Waals surface area (Å²) in [7, 11) is 1.63. The van der Waals surface area contributed by atoms with Gasteiger partial charge in [-0.25, -0.2) is 0 Å². The molecule has 136 valence electrons. The quantitative estimate of drug-likeness (QED) is 0.826. The van der Waals surface area contributed by atoms with Crippen LogP contribution in [0.3, 0.4) is 0 Å². The van der Waals surface area contributed by atoms with E-state index in [-0.39, 0.29) is 24.5 Å². The number of morpholine rings is 1. The van der Waals surface area contributed by atoms with Crippen molar-refractivity contribution in [1.82, 2.24) is 15.1 Å². The zero-order valence-electron chi connectivity index (χ0n) is 14.6. The Hall–Kier alpha value is -2.12.